The predicted molar refractivity (Wildman–Crippen MR) is 160 cm³/mol. The monoisotopic (exact) mass is 563 g/mol. The summed E-state index contributed by atoms with van der Waals surface area (Å²) >= 11 is 6.51. The molecule has 5 nitrogen and oxygen atoms in total. The van der Waals surface area contributed by atoms with Crippen molar-refractivity contribution in [2.75, 3.05) is 24.5 Å². The maximum atomic E-state index is 14.6. The van der Waals surface area contributed by atoms with Crippen LogP contribution < -0.4 is 4.90 Å². The average Bonchev–Trinajstić information content (AvgIpc) is 2.91. The molecule has 0 unspecified atom stereocenters. The number of aliphatic carboxylic acids is 1. The number of alkyl halides is 1. The number of fused-ring (bicyclic) bond motifs is 1. The van der Waals surface area contributed by atoms with E-state index >= 15 is 0 Å². The van der Waals surface area contributed by atoms with Crippen LogP contribution in [-0.2, 0) is 37.4 Å². The minimum Gasteiger partial charge on any atom is -0.481 e. The molecule has 0 bridgehead atoms. The number of anilines is 1. The highest BCUT2D eigenvalue weighted by molar-refractivity contribution is 6.31. The number of rotatable bonds is 7. The minimum atomic E-state index is -0.901. The lowest BCUT2D eigenvalue weighted by molar-refractivity contribution is -0.136. The van der Waals surface area contributed by atoms with E-state index in [0.29, 0.717) is 17.0 Å². The normalized spacial score (nSPS) is 17.1. The van der Waals surface area contributed by atoms with Gasteiger partial charge in [-0.3, -0.25) is 14.7 Å². The van der Waals surface area contributed by atoms with Gasteiger partial charge >= 0.3 is 5.97 Å². The van der Waals surface area contributed by atoms with Crippen LogP contribution in [-0.4, -0.2) is 40.6 Å². The third-order valence-corrected chi connectivity index (χ3v) is 9.11. The molecule has 7 heteroatoms. The summed E-state index contributed by atoms with van der Waals surface area (Å²) in [5, 5.41) is 10.6. The van der Waals surface area contributed by atoms with Crippen LogP contribution in [0.15, 0.2) is 36.4 Å². The van der Waals surface area contributed by atoms with Crippen molar-refractivity contribution < 1.29 is 14.3 Å². The summed E-state index contributed by atoms with van der Waals surface area (Å²) in [7, 11) is 0. The van der Waals surface area contributed by atoms with Gasteiger partial charge in [-0.2, -0.15) is 0 Å². The van der Waals surface area contributed by atoms with E-state index in [-0.39, 0.29) is 11.8 Å². The summed E-state index contributed by atoms with van der Waals surface area (Å²) in [5.41, 5.74) is 9.31. The molecule has 0 saturated carbocycles. The lowest BCUT2D eigenvalue weighted by atomic mass is 9.81. The zero-order valence-electron chi connectivity index (χ0n) is 24.0. The number of hydrogen-bond donors (Lipinski definition) is 1. The molecule has 0 radical (unpaired) electrons. The quantitative estimate of drug-likeness (QED) is 0.327. The Labute approximate surface area is 242 Å². The van der Waals surface area contributed by atoms with Crippen molar-refractivity contribution in [3.8, 4) is 11.1 Å². The lowest BCUT2D eigenvalue weighted by Crippen LogP contribution is -2.38. The molecule has 1 aromatic heterocycles. The number of carboxylic acids is 1. The molecule has 2 aliphatic rings. The van der Waals surface area contributed by atoms with Gasteiger partial charge in [-0.25, -0.2) is 4.39 Å². The molecular formula is C33H39ClFN3O2. The molecule has 0 spiro atoms. The van der Waals surface area contributed by atoms with Crippen LogP contribution >= 0.6 is 11.6 Å². The van der Waals surface area contributed by atoms with Crippen LogP contribution in [0.3, 0.4) is 0 Å². The van der Waals surface area contributed by atoms with Crippen molar-refractivity contribution in [1.82, 2.24) is 9.88 Å². The zero-order chi connectivity index (χ0) is 28.6. The van der Waals surface area contributed by atoms with E-state index in [2.05, 4.69) is 59.8 Å². The highest BCUT2D eigenvalue weighted by atomic mass is 35.5. The summed E-state index contributed by atoms with van der Waals surface area (Å²) in [4.78, 5) is 21.2. The number of nitrogens with zero attached hydrogens (tertiary/aromatic N) is 3. The number of piperidine rings is 1. The van der Waals surface area contributed by atoms with E-state index in [9.17, 15) is 14.3 Å². The first-order valence-corrected chi connectivity index (χ1v) is 14.6. The average molecular weight is 564 g/mol. The van der Waals surface area contributed by atoms with Crippen LogP contribution in [0.5, 0.6) is 0 Å². The number of aromatic nitrogens is 1. The summed E-state index contributed by atoms with van der Waals surface area (Å²) in [5.74, 6) is -0.901. The Bertz CT molecular complexity index is 1410. The van der Waals surface area contributed by atoms with Crippen molar-refractivity contribution in [3.63, 3.8) is 0 Å². The predicted octanol–water partition coefficient (Wildman–Crippen LogP) is 7.30. The molecule has 5 rings (SSSR count). The van der Waals surface area contributed by atoms with E-state index in [1.54, 1.807) is 6.92 Å². The van der Waals surface area contributed by atoms with Crippen molar-refractivity contribution in [2.45, 2.75) is 73.1 Å². The number of halogens is 2. The molecule has 0 atom stereocenters. The molecule has 3 heterocycles. The van der Waals surface area contributed by atoms with E-state index in [0.717, 1.165) is 73.8 Å². The number of aryl methyl sites for hydroxylation is 2. The fourth-order valence-electron chi connectivity index (χ4n) is 6.22. The zero-order valence-corrected chi connectivity index (χ0v) is 24.7. The van der Waals surface area contributed by atoms with Gasteiger partial charge in [0.05, 0.1) is 17.8 Å². The topological polar surface area (TPSA) is 56.7 Å². The van der Waals surface area contributed by atoms with E-state index in [4.69, 9.17) is 11.6 Å². The second-order valence-corrected chi connectivity index (χ2v) is 12.6. The van der Waals surface area contributed by atoms with E-state index in [1.807, 2.05) is 12.1 Å². The van der Waals surface area contributed by atoms with Gasteiger partial charge in [0.15, 0.2) is 0 Å². The molecular weight excluding hydrogens is 525 g/mol. The summed E-state index contributed by atoms with van der Waals surface area (Å²) in [6, 6.07) is 12.4. The number of carbonyl (C=O) groups is 1. The fraction of sp³-hybridized carbons (Fsp3) is 0.455. The van der Waals surface area contributed by atoms with Crippen LogP contribution in [0.1, 0.15) is 65.9 Å². The first-order chi connectivity index (χ1) is 19.1. The third kappa shape index (κ3) is 5.89. The number of hydrogen-bond acceptors (Lipinski definition) is 4. The summed E-state index contributed by atoms with van der Waals surface area (Å²) in [6.07, 6.45) is 2.74. The van der Waals surface area contributed by atoms with Gasteiger partial charge in [-0.05, 0) is 72.4 Å². The molecule has 2 aliphatic heterocycles. The molecule has 212 valence electrons. The van der Waals surface area contributed by atoms with Crippen molar-refractivity contribution in [3.05, 3.63) is 80.6 Å². The Morgan fingerprint density at radius 1 is 1.07 bits per heavy atom. The first-order valence-electron chi connectivity index (χ1n) is 14.2. The van der Waals surface area contributed by atoms with E-state index in [1.165, 1.54) is 22.3 Å². The van der Waals surface area contributed by atoms with Gasteiger partial charge in [0.1, 0.15) is 6.67 Å². The largest absolute Gasteiger partial charge is 0.481 e. The summed E-state index contributed by atoms with van der Waals surface area (Å²) in [6.45, 7) is 11.9. The Morgan fingerprint density at radius 2 is 1.82 bits per heavy atom. The van der Waals surface area contributed by atoms with Crippen molar-refractivity contribution >= 4 is 23.3 Å². The van der Waals surface area contributed by atoms with Crippen LogP contribution in [0, 0.1) is 19.3 Å². The van der Waals surface area contributed by atoms with Gasteiger partial charge in [0, 0.05) is 54.6 Å². The molecule has 0 amide bonds. The molecule has 1 saturated heterocycles. The van der Waals surface area contributed by atoms with Crippen molar-refractivity contribution in [1.29, 1.82) is 0 Å². The number of carboxylic acid groups (broad SMARTS) is 1. The van der Waals surface area contributed by atoms with Gasteiger partial charge in [0.2, 0.25) is 0 Å². The number of pyridine rings is 1. The van der Waals surface area contributed by atoms with Crippen LogP contribution in [0.4, 0.5) is 10.1 Å². The van der Waals surface area contributed by atoms with Crippen LogP contribution in [0.25, 0.3) is 11.1 Å². The van der Waals surface area contributed by atoms with Gasteiger partial charge in [0.25, 0.3) is 0 Å². The molecule has 40 heavy (non-hydrogen) atoms. The Kier molecular flexibility index (Phi) is 8.21. The Morgan fingerprint density at radius 3 is 2.50 bits per heavy atom. The standard InChI is InChI=1S/C33H39ClFN3O2/c1-21-6-5-7-28(34)27(21)20-37-13-10-23-16-24(8-9-25(23)19-37)31-29(18-35)36-22(2)26(17-30(39)40)32(31)38-14-11-33(3,4)12-15-38/h5-9,16H,10-15,17-20H2,1-4H3,(H,39,40). The lowest BCUT2D eigenvalue weighted by Gasteiger charge is -2.40. The Hall–Kier alpha value is -2.96. The number of benzene rings is 2. The smallest absolute Gasteiger partial charge is 0.307 e. The molecule has 0 aliphatic carbocycles. The van der Waals surface area contributed by atoms with Gasteiger partial charge in [-0.1, -0.05) is 55.8 Å². The maximum Gasteiger partial charge on any atom is 0.307 e. The second kappa shape index (κ2) is 11.5. The summed E-state index contributed by atoms with van der Waals surface area (Å²) < 4.78 is 14.6. The minimum absolute atomic E-state index is 0.130. The Balaban J connectivity index is 1.53. The van der Waals surface area contributed by atoms with Gasteiger partial charge < -0.3 is 10.0 Å². The molecule has 1 fully saturated rings. The fourth-order valence-corrected chi connectivity index (χ4v) is 6.51. The molecule has 1 N–H and O–H groups in total. The van der Waals surface area contributed by atoms with E-state index < -0.39 is 12.6 Å². The van der Waals surface area contributed by atoms with Gasteiger partial charge in [-0.15, -0.1) is 0 Å². The first kappa shape index (κ1) is 28.6. The molecule has 3 aromatic rings. The maximum absolute atomic E-state index is 14.6. The second-order valence-electron chi connectivity index (χ2n) is 12.2. The highest BCUT2D eigenvalue weighted by Crippen LogP contribution is 2.42. The van der Waals surface area contributed by atoms with Crippen molar-refractivity contribution in [2.24, 2.45) is 5.41 Å². The highest BCUT2D eigenvalue weighted by Gasteiger charge is 2.31. The SMILES string of the molecule is Cc1cccc(Cl)c1CN1CCc2cc(-c3c(CF)nc(C)c(CC(=O)O)c3N3CCC(C)(C)CC3)ccc2C1. The third-order valence-electron chi connectivity index (χ3n) is 8.76. The van der Waals surface area contributed by atoms with Crippen LogP contribution in [0.2, 0.25) is 5.02 Å². The molecule has 2 aromatic carbocycles.